The molecule has 0 aliphatic rings. The van der Waals surface area contributed by atoms with E-state index in [1.54, 1.807) is 0 Å². The van der Waals surface area contributed by atoms with Gasteiger partial charge >= 0.3 is 0 Å². The van der Waals surface area contributed by atoms with Crippen molar-refractivity contribution in [1.29, 1.82) is 0 Å². The van der Waals surface area contributed by atoms with Gasteiger partial charge < -0.3 is 10.4 Å². The fraction of sp³-hybridized carbons (Fsp3) is 0.600. The number of hydrogen-bond donors (Lipinski definition) is 2. The molecule has 20 heavy (non-hydrogen) atoms. The standard InChI is InChI=1S/C15H22Cl2FNO/c1-4-10(5-2)13(20)8-19-9(3)14-11(16)6-7-12(18)15(14)17/h6-7,9-10,13,19-20H,4-5,8H2,1-3H3. The lowest BCUT2D eigenvalue weighted by atomic mass is 9.96. The second kappa shape index (κ2) is 8.18. The Bertz CT molecular complexity index is 438. The first kappa shape index (κ1) is 17.7. The average Bonchev–Trinajstić information content (AvgIpc) is 2.42. The molecular formula is C15H22Cl2FNO. The number of nitrogens with one attached hydrogen (secondary N) is 1. The molecule has 0 bridgehead atoms. The molecule has 0 saturated heterocycles. The van der Waals surface area contributed by atoms with Gasteiger partial charge in [0, 0.05) is 23.2 Å². The molecule has 114 valence electrons. The number of hydrogen-bond acceptors (Lipinski definition) is 2. The third kappa shape index (κ3) is 4.32. The summed E-state index contributed by atoms with van der Waals surface area (Å²) in [5.41, 5.74) is 0.532. The maximum absolute atomic E-state index is 13.5. The van der Waals surface area contributed by atoms with Crippen molar-refractivity contribution in [3.05, 3.63) is 33.6 Å². The molecule has 1 aromatic rings. The highest BCUT2D eigenvalue weighted by atomic mass is 35.5. The quantitative estimate of drug-likeness (QED) is 0.720. The van der Waals surface area contributed by atoms with Crippen LogP contribution in [-0.2, 0) is 0 Å². The van der Waals surface area contributed by atoms with E-state index in [4.69, 9.17) is 23.2 Å². The molecule has 1 aromatic carbocycles. The van der Waals surface area contributed by atoms with Crippen molar-refractivity contribution in [3.63, 3.8) is 0 Å². The maximum atomic E-state index is 13.5. The molecule has 2 nitrogen and oxygen atoms in total. The molecule has 0 saturated carbocycles. The minimum absolute atomic E-state index is 0.0366. The summed E-state index contributed by atoms with van der Waals surface area (Å²) in [5, 5.41) is 13.7. The molecule has 1 rings (SSSR count). The second-order valence-electron chi connectivity index (χ2n) is 5.03. The van der Waals surface area contributed by atoms with Crippen LogP contribution < -0.4 is 5.32 Å². The van der Waals surface area contributed by atoms with Crippen molar-refractivity contribution in [2.45, 2.75) is 45.8 Å². The van der Waals surface area contributed by atoms with E-state index < -0.39 is 11.9 Å². The van der Waals surface area contributed by atoms with E-state index >= 15 is 0 Å². The lowest BCUT2D eigenvalue weighted by Crippen LogP contribution is -2.34. The van der Waals surface area contributed by atoms with E-state index in [2.05, 4.69) is 19.2 Å². The van der Waals surface area contributed by atoms with E-state index in [-0.39, 0.29) is 17.0 Å². The van der Waals surface area contributed by atoms with Gasteiger partial charge in [0.05, 0.1) is 11.1 Å². The number of rotatable bonds is 7. The molecule has 2 unspecified atom stereocenters. The SMILES string of the molecule is CCC(CC)C(O)CNC(C)c1c(Cl)ccc(F)c1Cl. The monoisotopic (exact) mass is 321 g/mol. The fourth-order valence-corrected chi connectivity index (χ4v) is 3.04. The van der Waals surface area contributed by atoms with E-state index in [0.29, 0.717) is 17.1 Å². The lowest BCUT2D eigenvalue weighted by molar-refractivity contribution is 0.0989. The third-order valence-electron chi connectivity index (χ3n) is 3.74. The molecule has 0 heterocycles. The Kier molecular flexibility index (Phi) is 7.24. The van der Waals surface area contributed by atoms with Crippen molar-refractivity contribution in [3.8, 4) is 0 Å². The van der Waals surface area contributed by atoms with Gasteiger partial charge in [-0.1, -0.05) is 49.9 Å². The largest absolute Gasteiger partial charge is 0.392 e. The first-order valence-electron chi connectivity index (χ1n) is 6.97. The smallest absolute Gasteiger partial charge is 0.142 e. The van der Waals surface area contributed by atoms with Crippen LogP contribution >= 0.6 is 23.2 Å². The molecular weight excluding hydrogens is 300 g/mol. The summed E-state index contributed by atoms with van der Waals surface area (Å²) in [6.45, 7) is 6.39. The predicted octanol–water partition coefficient (Wildman–Crippen LogP) is 4.58. The van der Waals surface area contributed by atoms with E-state index in [0.717, 1.165) is 12.8 Å². The van der Waals surface area contributed by atoms with Crippen molar-refractivity contribution in [2.75, 3.05) is 6.54 Å². The molecule has 2 N–H and O–H groups in total. The zero-order valence-electron chi connectivity index (χ0n) is 12.1. The maximum Gasteiger partial charge on any atom is 0.142 e. The summed E-state index contributed by atoms with van der Waals surface area (Å²) in [6.07, 6.45) is 1.42. The van der Waals surface area contributed by atoms with Crippen LogP contribution in [0.25, 0.3) is 0 Å². The fourth-order valence-electron chi connectivity index (χ4n) is 2.34. The Hall–Kier alpha value is -0.350. The van der Waals surface area contributed by atoms with Gasteiger partial charge in [-0.25, -0.2) is 4.39 Å². The summed E-state index contributed by atoms with van der Waals surface area (Å²) >= 11 is 12.0. The van der Waals surface area contributed by atoms with Crippen LogP contribution in [0, 0.1) is 11.7 Å². The highest BCUT2D eigenvalue weighted by Gasteiger charge is 2.20. The minimum atomic E-state index is -0.486. The summed E-state index contributed by atoms with van der Waals surface area (Å²) in [5.74, 6) is -0.228. The molecule has 0 amide bonds. The molecule has 0 fully saturated rings. The first-order chi connectivity index (χ1) is 9.42. The van der Waals surface area contributed by atoms with Crippen LogP contribution in [-0.4, -0.2) is 17.8 Å². The average molecular weight is 322 g/mol. The zero-order chi connectivity index (χ0) is 15.3. The Labute approximate surface area is 130 Å². The van der Waals surface area contributed by atoms with Gasteiger partial charge in [-0.3, -0.25) is 0 Å². The lowest BCUT2D eigenvalue weighted by Gasteiger charge is -2.24. The number of halogens is 3. The van der Waals surface area contributed by atoms with Crippen molar-refractivity contribution < 1.29 is 9.50 Å². The van der Waals surface area contributed by atoms with Crippen LogP contribution in [0.3, 0.4) is 0 Å². The van der Waals surface area contributed by atoms with Gasteiger partial charge in [-0.05, 0) is 25.0 Å². The molecule has 5 heteroatoms. The van der Waals surface area contributed by atoms with E-state index in [9.17, 15) is 9.50 Å². The normalized spacial score (nSPS) is 14.6. The summed E-state index contributed by atoms with van der Waals surface area (Å²) in [7, 11) is 0. The van der Waals surface area contributed by atoms with E-state index in [1.807, 2.05) is 6.92 Å². The Morgan fingerprint density at radius 3 is 2.40 bits per heavy atom. The Balaban J connectivity index is 2.73. The van der Waals surface area contributed by atoms with Crippen LogP contribution in [0.5, 0.6) is 0 Å². The van der Waals surface area contributed by atoms with Gasteiger partial charge in [-0.15, -0.1) is 0 Å². The van der Waals surface area contributed by atoms with Crippen LogP contribution in [0.4, 0.5) is 4.39 Å². The molecule has 0 aromatic heterocycles. The highest BCUT2D eigenvalue weighted by Crippen LogP contribution is 2.32. The summed E-state index contributed by atoms with van der Waals surface area (Å²) in [6, 6.07) is 2.52. The van der Waals surface area contributed by atoms with Crippen LogP contribution in [0.1, 0.15) is 45.2 Å². The van der Waals surface area contributed by atoms with Crippen molar-refractivity contribution in [2.24, 2.45) is 5.92 Å². The summed E-state index contributed by atoms with van der Waals surface area (Å²) in [4.78, 5) is 0. The Morgan fingerprint density at radius 1 is 1.25 bits per heavy atom. The molecule has 2 atom stereocenters. The molecule has 0 spiro atoms. The van der Waals surface area contributed by atoms with Crippen LogP contribution in [0.15, 0.2) is 12.1 Å². The van der Waals surface area contributed by atoms with Gasteiger partial charge in [0.1, 0.15) is 5.82 Å². The van der Waals surface area contributed by atoms with Gasteiger partial charge in [0.25, 0.3) is 0 Å². The van der Waals surface area contributed by atoms with Gasteiger partial charge in [0.15, 0.2) is 0 Å². The number of aliphatic hydroxyl groups is 1. The second-order valence-corrected chi connectivity index (χ2v) is 5.82. The highest BCUT2D eigenvalue weighted by molar-refractivity contribution is 6.36. The molecule has 0 aliphatic carbocycles. The van der Waals surface area contributed by atoms with Gasteiger partial charge in [-0.2, -0.15) is 0 Å². The predicted molar refractivity (Wildman–Crippen MR) is 82.9 cm³/mol. The Morgan fingerprint density at radius 2 is 1.85 bits per heavy atom. The third-order valence-corrected chi connectivity index (χ3v) is 4.45. The number of aliphatic hydroxyl groups excluding tert-OH is 1. The van der Waals surface area contributed by atoms with Crippen LogP contribution in [0.2, 0.25) is 10.0 Å². The van der Waals surface area contributed by atoms with Gasteiger partial charge in [0.2, 0.25) is 0 Å². The van der Waals surface area contributed by atoms with Crippen molar-refractivity contribution >= 4 is 23.2 Å². The topological polar surface area (TPSA) is 32.3 Å². The number of benzene rings is 1. The first-order valence-corrected chi connectivity index (χ1v) is 7.72. The minimum Gasteiger partial charge on any atom is -0.392 e. The van der Waals surface area contributed by atoms with E-state index in [1.165, 1.54) is 12.1 Å². The molecule has 0 aliphatic heterocycles. The summed E-state index contributed by atoms with van der Waals surface area (Å²) < 4.78 is 13.5. The molecule has 0 radical (unpaired) electrons. The zero-order valence-corrected chi connectivity index (χ0v) is 13.6. The van der Waals surface area contributed by atoms with Crippen molar-refractivity contribution in [1.82, 2.24) is 5.32 Å².